The van der Waals surface area contributed by atoms with E-state index < -0.39 is 0 Å². The second-order valence-electron chi connectivity index (χ2n) is 7.24. The van der Waals surface area contributed by atoms with Crippen molar-refractivity contribution in [2.45, 2.75) is 26.9 Å². The number of hydrogen-bond acceptors (Lipinski definition) is 4. The van der Waals surface area contributed by atoms with Gasteiger partial charge in [0, 0.05) is 51.0 Å². The predicted molar refractivity (Wildman–Crippen MR) is 109 cm³/mol. The molecule has 1 aromatic heterocycles. The zero-order valence-electron chi connectivity index (χ0n) is 16.5. The lowest BCUT2D eigenvalue weighted by Crippen LogP contribution is -2.45. The number of nitrogens with zero attached hydrogens (tertiary/aromatic N) is 3. The van der Waals surface area contributed by atoms with E-state index in [1.165, 1.54) is 11.1 Å². The zero-order valence-corrected chi connectivity index (χ0v) is 16.5. The van der Waals surface area contributed by atoms with Crippen LogP contribution in [-0.2, 0) is 13.1 Å². The molecule has 27 heavy (non-hydrogen) atoms. The Hall–Kier alpha value is -2.60. The van der Waals surface area contributed by atoms with Gasteiger partial charge in [-0.1, -0.05) is 29.8 Å². The van der Waals surface area contributed by atoms with Gasteiger partial charge in [-0.05, 0) is 38.1 Å². The van der Waals surface area contributed by atoms with Gasteiger partial charge < -0.3 is 20.4 Å². The molecular weight excluding hydrogens is 338 g/mol. The van der Waals surface area contributed by atoms with Gasteiger partial charge in [0.15, 0.2) is 0 Å². The fourth-order valence-electron chi connectivity index (χ4n) is 3.33. The van der Waals surface area contributed by atoms with Crippen LogP contribution in [-0.4, -0.2) is 49.1 Å². The van der Waals surface area contributed by atoms with Gasteiger partial charge in [0.2, 0.25) is 0 Å². The fourth-order valence-corrected chi connectivity index (χ4v) is 3.33. The van der Waals surface area contributed by atoms with Crippen LogP contribution in [0.3, 0.4) is 0 Å². The Morgan fingerprint density at radius 3 is 2.44 bits per heavy atom. The molecule has 0 atom stereocenters. The van der Waals surface area contributed by atoms with E-state index in [2.05, 4.69) is 64.5 Å². The number of carbonyl (C=O) groups excluding carboxylic acids is 1. The molecule has 1 fully saturated rings. The van der Waals surface area contributed by atoms with Crippen molar-refractivity contribution >= 4 is 11.8 Å². The van der Waals surface area contributed by atoms with Gasteiger partial charge in [-0.15, -0.1) is 0 Å². The number of piperazine rings is 1. The number of amides is 2. The predicted octanol–water partition coefficient (Wildman–Crippen LogP) is 2.45. The van der Waals surface area contributed by atoms with Crippen molar-refractivity contribution in [2.75, 3.05) is 38.1 Å². The van der Waals surface area contributed by atoms with Crippen molar-refractivity contribution in [3.63, 3.8) is 0 Å². The molecule has 0 radical (unpaired) electrons. The third kappa shape index (κ3) is 5.20. The maximum absolute atomic E-state index is 12.2. The molecule has 1 aromatic carbocycles. The van der Waals surface area contributed by atoms with Gasteiger partial charge in [0.05, 0.1) is 0 Å². The number of benzene rings is 1. The summed E-state index contributed by atoms with van der Waals surface area (Å²) >= 11 is 0. The van der Waals surface area contributed by atoms with E-state index in [1.807, 2.05) is 18.3 Å². The van der Waals surface area contributed by atoms with Crippen LogP contribution < -0.4 is 15.5 Å². The lowest BCUT2D eigenvalue weighted by Gasteiger charge is -2.34. The number of pyridine rings is 1. The van der Waals surface area contributed by atoms with Crippen molar-refractivity contribution in [3.8, 4) is 0 Å². The average Bonchev–Trinajstić information content (AvgIpc) is 2.66. The van der Waals surface area contributed by atoms with E-state index in [0.29, 0.717) is 13.1 Å². The maximum atomic E-state index is 12.2. The average molecular weight is 367 g/mol. The van der Waals surface area contributed by atoms with E-state index in [4.69, 9.17) is 0 Å². The minimum Gasteiger partial charge on any atom is -0.354 e. The number of carbonyl (C=O) groups is 1. The first-order chi connectivity index (χ1) is 13.0. The molecular formula is C21H29N5O. The SMILES string of the molecule is Cc1ccc(CNC(=O)NCc2cccnc2N2CCN(C)CC2)c(C)c1. The molecule has 1 aliphatic heterocycles. The Bertz CT molecular complexity index is 784. The normalized spacial score (nSPS) is 14.9. The quantitative estimate of drug-likeness (QED) is 0.852. The van der Waals surface area contributed by atoms with Crippen LogP contribution in [0.2, 0.25) is 0 Å². The molecule has 1 aliphatic rings. The number of nitrogens with one attached hydrogen (secondary N) is 2. The first-order valence-electron chi connectivity index (χ1n) is 9.48. The third-order valence-corrected chi connectivity index (χ3v) is 5.05. The minimum atomic E-state index is -0.164. The van der Waals surface area contributed by atoms with Gasteiger partial charge in [0.1, 0.15) is 5.82 Å². The Morgan fingerprint density at radius 1 is 1.04 bits per heavy atom. The van der Waals surface area contributed by atoms with Crippen LogP contribution in [0.4, 0.5) is 10.6 Å². The molecule has 0 saturated carbocycles. The summed E-state index contributed by atoms with van der Waals surface area (Å²) in [4.78, 5) is 21.4. The lowest BCUT2D eigenvalue weighted by atomic mass is 10.1. The highest BCUT2D eigenvalue weighted by Crippen LogP contribution is 2.18. The van der Waals surface area contributed by atoms with E-state index >= 15 is 0 Å². The molecule has 2 aromatic rings. The van der Waals surface area contributed by atoms with Crippen LogP contribution in [0, 0.1) is 13.8 Å². The van der Waals surface area contributed by atoms with Crippen LogP contribution >= 0.6 is 0 Å². The monoisotopic (exact) mass is 367 g/mol. The smallest absolute Gasteiger partial charge is 0.315 e. The van der Waals surface area contributed by atoms with Gasteiger partial charge >= 0.3 is 6.03 Å². The number of aromatic nitrogens is 1. The Morgan fingerprint density at radius 2 is 1.74 bits per heavy atom. The molecule has 0 spiro atoms. The number of anilines is 1. The van der Waals surface area contributed by atoms with Crippen molar-refractivity contribution in [1.82, 2.24) is 20.5 Å². The first kappa shape index (κ1) is 19.2. The molecule has 6 heteroatoms. The number of likely N-dealkylation sites (N-methyl/N-ethyl adjacent to an activating group) is 1. The molecule has 3 rings (SSSR count). The van der Waals surface area contributed by atoms with Crippen LogP contribution in [0.15, 0.2) is 36.5 Å². The summed E-state index contributed by atoms with van der Waals surface area (Å²) in [5.74, 6) is 0.972. The zero-order chi connectivity index (χ0) is 19.2. The highest BCUT2D eigenvalue weighted by Gasteiger charge is 2.18. The summed E-state index contributed by atoms with van der Waals surface area (Å²) in [5, 5.41) is 5.90. The van der Waals surface area contributed by atoms with E-state index in [1.54, 1.807) is 0 Å². The molecule has 0 unspecified atom stereocenters. The lowest BCUT2D eigenvalue weighted by molar-refractivity contribution is 0.240. The third-order valence-electron chi connectivity index (χ3n) is 5.05. The van der Waals surface area contributed by atoms with Crippen LogP contribution in [0.1, 0.15) is 22.3 Å². The van der Waals surface area contributed by atoms with Crippen molar-refractivity contribution in [1.29, 1.82) is 0 Å². The molecule has 0 aliphatic carbocycles. The summed E-state index contributed by atoms with van der Waals surface area (Å²) in [6.07, 6.45) is 1.82. The number of aryl methyl sites for hydroxylation is 2. The second-order valence-corrected chi connectivity index (χ2v) is 7.24. The summed E-state index contributed by atoms with van der Waals surface area (Å²) in [7, 11) is 2.14. The Labute approximate surface area is 161 Å². The largest absolute Gasteiger partial charge is 0.354 e. The first-order valence-corrected chi connectivity index (χ1v) is 9.48. The molecule has 0 bridgehead atoms. The van der Waals surface area contributed by atoms with E-state index in [9.17, 15) is 4.79 Å². The summed E-state index contributed by atoms with van der Waals surface area (Å²) in [6.45, 7) is 9.10. The van der Waals surface area contributed by atoms with Crippen molar-refractivity contribution in [2.24, 2.45) is 0 Å². The maximum Gasteiger partial charge on any atom is 0.315 e. The molecule has 2 N–H and O–H groups in total. The number of rotatable bonds is 5. The van der Waals surface area contributed by atoms with Gasteiger partial charge in [-0.25, -0.2) is 9.78 Å². The van der Waals surface area contributed by atoms with Crippen molar-refractivity contribution in [3.05, 3.63) is 58.8 Å². The second kappa shape index (κ2) is 8.86. The van der Waals surface area contributed by atoms with Gasteiger partial charge in [0.25, 0.3) is 0 Å². The van der Waals surface area contributed by atoms with Gasteiger partial charge in [-0.3, -0.25) is 0 Å². The molecule has 144 valence electrons. The van der Waals surface area contributed by atoms with Crippen LogP contribution in [0.25, 0.3) is 0 Å². The summed E-state index contributed by atoms with van der Waals surface area (Å²) < 4.78 is 0. The Kier molecular flexibility index (Phi) is 6.29. The van der Waals surface area contributed by atoms with E-state index in [-0.39, 0.29) is 6.03 Å². The summed E-state index contributed by atoms with van der Waals surface area (Å²) in [6, 6.07) is 10.1. The number of urea groups is 1. The fraction of sp³-hybridized carbons (Fsp3) is 0.429. The van der Waals surface area contributed by atoms with Crippen molar-refractivity contribution < 1.29 is 4.79 Å². The molecule has 6 nitrogen and oxygen atoms in total. The van der Waals surface area contributed by atoms with Crippen LogP contribution in [0.5, 0.6) is 0 Å². The molecule has 2 amide bonds. The molecule has 1 saturated heterocycles. The highest BCUT2D eigenvalue weighted by atomic mass is 16.2. The molecule has 2 heterocycles. The number of hydrogen-bond donors (Lipinski definition) is 2. The Balaban J connectivity index is 1.54. The van der Waals surface area contributed by atoms with E-state index in [0.717, 1.165) is 43.1 Å². The highest BCUT2D eigenvalue weighted by molar-refractivity contribution is 5.74. The topological polar surface area (TPSA) is 60.5 Å². The minimum absolute atomic E-state index is 0.164. The van der Waals surface area contributed by atoms with Gasteiger partial charge in [-0.2, -0.15) is 0 Å². The summed E-state index contributed by atoms with van der Waals surface area (Å²) in [5.41, 5.74) is 4.60. The standard InChI is InChI=1S/C21H29N5O/c1-16-6-7-18(17(2)13-16)14-23-21(27)24-15-19-5-4-8-22-20(19)26-11-9-25(3)10-12-26/h4-8,13H,9-12,14-15H2,1-3H3,(H2,23,24,27).